The summed E-state index contributed by atoms with van der Waals surface area (Å²) in [7, 11) is 0. The average molecular weight is 212 g/mol. The smallest absolute Gasteiger partial charge is 0.0619 e. The summed E-state index contributed by atoms with van der Waals surface area (Å²) in [6, 6.07) is 1.08. The monoisotopic (exact) mass is 212 g/mol. The zero-order valence-electron chi connectivity index (χ0n) is 9.82. The van der Waals surface area contributed by atoms with E-state index in [1.807, 2.05) is 0 Å². The number of morpholine rings is 1. The lowest BCUT2D eigenvalue weighted by Crippen LogP contribution is -2.46. The van der Waals surface area contributed by atoms with Gasteiger partial charge in [-0.25, -0.2) is 0 Å². The van der Waals surface area contributed by atoms with E-state index in [1.54, 1.807) is 0 Å². The van der Waals surface area contributed by atoms with Crippen molar-refractivity contribution in [1.82, 2.24) is 4.90 Å². The SMILES string of the molecule is CC1COCCN1CC1CCC(N)CC1. The summed E-state index contributed by atoms with van der Waals surface area (Å²) in [6.45, 7) is 6.47. The highest BCUT2D eigenvalue weighted by atomic mass is 16.5. The lowest BCUT2D eigenvalue weighted by molar-refractivity contribution is -0.00992. The topological polar surface area (TPSA) is 38.5 Å². The number of nitrogens with zero attached hydrogens (tertiary/aromatic N) is 1. The van der Waals surface area contributed by atoms with E-state index in [9.17, 15) is 0 Å². The number of hydrogen-bond acceptors (Lipinski definition) is 3. The molecule has 2 fully saturated rings. The van der Waals surface area contributed by atoms with E-state index < -0.39 is 0 Å². The van der Waals surface area contributed by atoms with Gasteiger partial charge in [0.1, 0.15) is 0 Å². The third kappa shape index (κ3) is 3.16. The summed E-state index contributed by atoms with van der Waals surface area (Å²) in [5, 5.41) is 0. The molecule has 1 saturated heterocycles. The van der Waals surface area contributed by atoms with Crippen LogP contribution in [0.2, 0.25) is 0 Å². The lowest BCUT2D eigenvalue weighted by atomic mass is 9.86. The Morgan fingerprint density at radius 2 is 2.00 bits per heavy atom. The molecule has 0 bridgehead atoms. The van der Waals surface area contributed by atoms with Crippen LogP contribution in [0, 0.1) is 5.92 Å². The molecule has 2 aliphatic rings. The van der Waals surface area contributed by atoms with Crippen molar-refractivity contribution in [1.29, 1.82) is 0 Å². The molecule has 3 nitrogen and oxygen atoms in total. The molecule has 88 valence electrons. The molecule has 1 heterocycles. The molecule has 0 radical (unpaired) electrons. The largest absolute Gasteiger partial charge is 0.379 e. The van der Waals surface area contributed by atoms with Gasteiger partial charge in [0, 0.05) is 25.2 Å². The first kappa shape index (κ1) is 11.4. The second kappa shape index (κ2) is 5.28. The van der Waals surface area contributed by atoms with E-state index in [2.05, 4.69) is 11.8 Å². The molecular weight excluding hydrogens is 188 g/mol. The highest BCUT2D eigenvalue weighted by Gasteiger charge is 2.24. The fourth-order valence-electron chi connectivity index (χ4n) is 2.74. The van der Waals surface area contributed by atoms with Gasteiger partial charge >= 0.3 is 0 Å². The van der Waals surface area contributed by atoms with Crippen LogP contribution in [0.15, 0.2) is 0 Å². The van der Waals surface area contributed by atoms with Gasteiger partial charge in [-0.05, 0) is 38.5 Å². The molecule has 0 aromatic rings. The van der Waals surface area contributed by atoms with Gasteiger partial charge in [0.2, 0.25) is 0 Å². The van der Waals surface area contributed by atoms with Crippen LogP contribution in [-0.4, -0.2) is 43.3 Å². The minimum absolute atomic E-state index is 0.475. The summed E-state index contributed by atoms with van der Waals surface area (Å²) in [6.07, 6.45) is 5.10. The van der Waals surface area contributed by atoms with Crippen LogP contribution in [0.5, 0.6) is 0 Å². The molecule has 0 spiro atoms. The standard InChI is InChI=1S/C12H24N2O/c1-10-9-15-7-6-14(10)8-11-2-4-12(13)5-3-11/h10-12H,2-9,13H2,1H3. The third-order valence-electron chi connectivity index (χ3n) is 3.89. The van der Waals surface area contributed by atoms with Gasteiger partial charge in [0.05, 0.1) is 13.2 Å². The van der Waals surface area contributed by atoms with Gasteiger partial charge in [-0.2, -0.15) is 0 Å². The maximum Gasteiger partial charge on any atom is 0.0619 e. The highest BCUT2D eigenvalue weighted by Crippen LogP contribution is 2.25. The normalized spacial score (nSPS) is 39.2. The van der Waals surface area contributed by atoms with Crippen molar-refractivity contribution in [2.24, 2.45) is 11.7 Å². The van der Waals surface area contributed by atoms with Gasteiger partial charge in [0.25, 0.3) is 0 Å². The number of rotatable bonds is 2. The van der Waals surface area contributed by atoms with Gasteiger partial charge in [0.15, 0.2) is 0 Å². The van der Waals surface area contributed by atoms with Crippen LogP contribution in [0.4, 0.5) is 0 Å². The number of ether oxygens (including phenoxy) is 1. The van der Waals surface area contributed by atoms with Crippen LogP contribution < -0.4 is 5.73 Å². The molecular formula is C12H24N2O. The molecule has 1 aliphatic carbocycles. The fourth-order valence-corrected chi connectivity index (χ4v) is 2.74. The molecule has 0 amide bonds. The van der Waals surface area contributed by atoms with Crippen molar-refractivity contribution in [2.45, 2.75) is 44.7 Å². The molecule has 15 heavy (non-hydrogen) atoms. The van der Waals surface area contributed by atoms with E-state index in [0.29, 0.717) is 12.1 Å². The predicted octanol–water partition coefficient (Wildman–Crippen LogP) is 1.22. The molecule has 3 heteroatoms. The van der Waals surface area contributed by atoms with Crippen molar-refractivity contribution < 1.29 is 4.74 Å². The van der Waals surface area contributed by atoms with Crippen molar-refractivity contribution in [3.8, 4) is 0 Å². The van der Waals surface area contributed by atoms with Crippen LogP contribution in [0.3, 0.4) is 0 Å². The van der Waals surface area contributed by atoms with Crippen LogP contribution in [0.25, 0.3) is 0 Å². The zero-order chi connectivity index (χ0) is 10.7. The Bertz CT molecular complexity index is 190. The molecule has 0 aromatic heterocycles. The summed E-state index contributed by atoms with van der Waals surface area (Å²) in [5.74, 6) is 0.880. The minimum atomic E-state index is 0.475. The highest BCUT2D eigenvalue weighted by molar-refractivity contribution is 4.79. The van der Waals surface area contributed by atoms with Crippen molar-refractivity contribution >= 4 is 0 Å². The summed E-state index contributed by atoms with van der Waals surface area (Å²) in [5.41, 5.74) is 5.92. The first-order valence-corrected chi connectivity index (χ1v) is 6.33. The summed E-state index contributed by atoms with van der Waals surface area (Å²) < 4.78 is 5.46. The molecule has 1 aliphatic heterocycles. The van der Waals surface area contributed by atoms with E-state index in [0.717, 1.165) is 25.7 Å². The maximum absolute atomic E-state index is 5.92. The Labute approximate surface area is 93.0 Å². The summed E-state index contributed by atoms with van der Waals surface area (Å²) in [4.78, 5) is 2.59. The molecule has 1 unspecified atom stereocenters. The van der Waals surface area contributed by atoms with Crippen LogP contribution >= 0.6 is 0 Å². The second-order valence-corrected chi connectivity index (χ2v) is 5.20. The van der Waals surface area contributed by atoms with E-state index in [-0.39, 0.29) is 0 Å². The summed E-state index contributed by atoms with van der Waals surface area (Å²) >= 11 is 0. The van der Waals surface area contributed by atoms with Crippen molar-refractivity contribution in [3.05, 3.63) is 0 Å². The van der Waals surface area contributed by atoms with Crippen LogP contribution in [0.1, 0.15) is 32.6 Å². The Balaban J connectivity index is 1.75. The van der Waals surface area contributed by atoms with E-state index in [4.69, 9.17) is 10.5 Å². The fraction of sp³-hybridized carbons (Fsp3) is 1.00. The number of hydrogen-bond donors (Lipinski definition) is 1. The Morgan fingerprint density at radius 3 is 2.67 bits per heavy atom. The van der Waals surface area contributed by atoms with Gasteiger partial charge < -0.3 is 10.5 Å². The average Bonchev–Trinajstić information content (AvgIpc) is 2.25. The third-order valence-corrected chi connectivity index (χ3v) is 3.89. The zero-order valence-corrected chi connectivity index (χ0v) is 9.82. The first-order chi connectivity index (χ1) is 7.25. The van der Waals surface area contributed by atoms with Gasteiger partial charge in [-0.3, -0.25) is 4.90 Å². The van der Waals surface area contributed by atoms with Crippen LogP contribution in [-0.2, 0) is 4.74 Å². The van der Waals surface area contributed by atoms with E-state index in [1.165, 1.54) is 32.2 Å². The minimum Gasteiger partial charge on any atom is -0.379 e. The first-order valence-electron chi connectivity index (χ1n) is 6.33. The lowest BCUT2D eigenvalue weighted by Gasteiger charge is -2.37. The Kier molecular flexibility index (Phi) is 4.00. The second-order valence-electron chi connectivity index (χ2n) is 5.20. The Morgan fingerprint density at radius 1 is 1.27 bits per heavy atom. The van der Waals surface area contributed by atoms with Crippen molar-refractivity contribution in [2.75, 3.05) is 26.3 Å². The Hall–Kier alpha value is -0.120. The maximum atomic E-state index is 5.92. The van der Waals surface area contributed by atoms with Crippen molar-refractivity contribution in [3.63, 3.8) is 0 Å². The molecule has 1 saturated carbocycles. The quantitative estimate of drug-likeness (QED) is 0.748. The molecule has 2 N–H and O–H groups in total. The number of nitrogens with two attached hydrogens (primary N) is 1. The van der Waals surface area contributed by atoms with Gasteiger partial charge in [-0.1, -0.05) is 0 Å². The molecule has 2 rings (SSSR count). The predicted molar refractivity (Wildman–Crippen MR) is 61.8 cm³/mol. The molecule has 1 atom stereocenters. The van der Waals surface area contributed by atoms with E-state index >= 15 is 0 Å². The molecule has 0 aromatic carbocycles. The van der Waals surface area contributed by atoms with Gasteiger partial charge in [-0.15, -0.1) is 0 Å².